The first kappa shape index (κ1) is 24.8. The van der Waals surface area contributed by atoms with Gasteiger partial charge in [0.1, 0.15) is 0 Å². The maximum absolute atomic E-state index is 2.54. The van der Waals surface area contributed by atoms with Crippen molar-refractivity contribution < 1.29 is 0 Å². The van der Waals surface area contributed by atoms with E-state index in [2.05, 4.69) is 169 Å². The van der Waals surface area contributed by atoms with E-state index in [1.165, 1.54) is 88.0 Å². The maximum atomic E-state index is 2.54. The van der Waals surface area contributed by atoms with Crippen LogP contribution in [-0.2, 0) is 5.41 Å². The van der Waals surface area contributed by atoms with Crippen LogP contribution >= 0.6 is 0 Å². The van der Waals surface area contributed by atoms with Gasteiger partial charge < -0.3 is 9.13 Å². The minimum absolute atomic E-state index is 0.0817. The van der Waals surface area contributed by atoms with Crippen LogP contribution in [-0.4, -0.2) is 9.13 Å². The SMILES string of the molecule is CC1(C)c2ccccc2-c2ccc(-n3c4ccc5ccccc5c4c4ccc5c6ccccc6n(-c6ccccc6)c5c43)cc21. The fraction of sp³-hybridized carbons (Fsp3) is 0.0698. The molecule has 9 aromatic rings. The molecular formula is C43H30N2. The van der Waals surface area contributed by atoms with Crippen LogP contribution < -0.4 is 0 Å². The van der Waals surface area contributed by atoms with Gasteiger partial charge in [-0.15, -0.1) is 0 Å². The van der Waals surface area contributed by atoms with E-state index in [1.54, 1.807) is 0 Å². The Balaban J connectivity index is 1.42. The van der Waals surface area contributed by atoms with Gasteiger partial charge >= 0.3 is 0 Å². The number of para-hydroxylation sites is 2. The second-order valence-corrected chi connectivity index (χ2v) is 13.0. The van der Waals surface area contributed by atoms with Gasteiger partial charge in [0.15, 0.2) is 0 Å². The van der Waals surface area contributed by atoms with Crippen LogP contribution in [0.25, 0.3) is 76.9 Å². The van der Waals surface area contributed by atoms with Crippen molar-refractivity contribution in [1.29, 1.82) is 0 Å². The summed E-state index contributed by atoms with van der Waals surface area (Å²) in [7, 11) is 0. The summed E-state index contributed by atoms with van der Waals surface area (Å²) in [6.45, 7) is 4.73. The Morgan fingerprint density at radius 1 is 0.422 bits per heavy atom. The van der Waals surface area contributed by atoms with Gasteiger partial charge in [-0.25, -0.2) is 0 Å². The molecule has 10 rings (SSSR count). The van der Waals surface area contributed by atoms with Gasteiger partial charge in [-0.3, -0.25) is 0 Å². The zero-order valence-corrected chi connectivity index (χ0v) is 25.3. The molecule has 0 unspecified atom stereocenters. The smallest absolute Gasteiger partial charge is 0.0789 e. The van der Waals surface area contributed by atoms with Gasteiger partial charge in [0.05, 0.1) is 22.1 Å². The summed E-state index contributed by atoms with van der Waals surface area (Å²) in [4.78, 5) is 0. The Labute approximate surface area is 261 Å². The predicted octanol–water partition coefficient (Wildman–Crippen LogP) is 11.3. The average molecular weight is 575 g/mol. The van der Waals surface area contributed by atoms with E-state index < -0.39 is 0 Å². The van der Waals surface area contributed by atoms with E-state index in [0.29, 0.717) is 0 Å². The van der Waals surface area contributed by atoms with Crippen LogP contribution in [0.5, 0.6) is 0 Å². The molecule has 2 heterocycles. The highest BCUT2D eigenvalue weighted by atomic mass is 15.0. The van der Waals surface area contributed by atoms with Crippen molar-refractivity contribution >= 4 is 54.4 Å². The molecule has 0 saturated carbocycles. The number of rotatable bonds is 2. The van der Waals surface area contributed by atoms with E-state index in [1.807, 2.05) is 0 Å². The van der Waals surface area contributed by atoms with E-state index in [4.69, 9.17) is 0 Å². The van der Waals surface area contributed by atoms with Crippen molar-refractivity contribution in [2.45, 2.75) is 19.3 Å². The lowest BCUT2D eigenvalue weighted by Gasteiger charge is -2.22. The summed E-state index contributed by atoms with van der Waals surface area (Å²) >= 11 is 0. The number of nitrogens with zero attached hydrogens (tertiary/aromatic N) is 2. The zero-order valence-electron chi connectivity index (χ0n) is 25.3. The molecule has 0 aliphatic heterocycles. The molecule has 45 heavy (non-hydrogen) atoms. The maximum Gasteiger partial charge on any atom is 0.0789 e. The minimum Gasteiger partial charge on any atom is -0.307 e. The van der Waals surface area contributed by atoms with Crippen LogP contribution in [0, 0.1) is 0 Å². The van der Waals surface area contributed by atoms with Crippen molar-refractivity contribution in [2.24, 2.45) is 0 Å². The molecule has 2 aromatic heterocycles. The van der Waals surface area contributed by atoms with E-state index in [9.17, 15) is 0 Å². The lowest BCUT2D eigenvalue weighted by molar-refractivity contribution is 0.660. The summed E-state index contributed by atoms with van der Waals surface area (Å²) < 4.78 is 5.01. The third-order valence-electron chi connectivity index (χ3n) is 10.3. The summed E-state index contributed by atoms with van der Waals surface area (Å²) in [6, 6.07) is 53.8. The molecule has 1 aliphatic carbocycles. The molecule has 7 aromatic carbocycles. The van der Waals surface area contributed by atoms with Crippen molar-refractivity contribution in [3.8, 4) is 22.5 Å². The van der Waals surface area contributed by atoms with Crippen LogP contribution in [0.15, 0.2) is 146 Å². The number of aromatic nitrogens is 2. The second kappa shape index (κ2) is 8.74. The third kappa shape index (κ3) is 3.18. The Morgan fingerprint density at radius 2 is 1.09 bits per heavy atom. The molecule has 0 bridgehead atoms. The molecule has 1 aliphatic rings. The molecule has 0 fully saturated rings. The Bertz CT molecular complexity index is 2670. The number of benzene rings is 7. The molecule has 0 amide bonds. The molecule has 2 nitrogen and oxygen atoms in total. The molecule has 0 radical (unpaired) electrons. The molecule has 0 saturated heterocycles. The summed E-state index contributed by atoms with van der Waals surface area (Å²) in [5.74, 6) is 0. The average Bonchev–Trinajstić information content (AvgIpc) is 3.69. The Morgan fingerprint density at radius 3 is 1.98 bits per heavy atom. The van der Waals surface area contributed by atoms with Gasteiger partial charge in [-0.05, 0) is 69.4 Å². The predicted molar refractivity (Wildman–Crippen MR) is 190 cm³/mol. The quantitative estimate of drug-likeness (QED) is 0.194. The van der Waals surface area contributed by atoms with Crippen LogP contribution in [0.4, 0.5) is 0 Å². The van der Waals surface area contributed by atoms with Crippen LogP contribution in [0.1, 0.15) is 25.0 Å². The van der Waals surface area contributed by atoms with Crippen LogP contribution in [0.3, 0.4) is 0 Å². The normalized spacial score (nSPS) is 13.7. The van der Waals surface area contributed by atoms with Gasteiger partial charge in [0, 0.05) is 38.3 Å². The van der Waals surface area contributed by atoms with Gasteiger partial charge in [0.25, 0.3) is 0 Å². The Hall–Kier alpha value is -5.60. The largest absolute Gasteiger partial charge is 0.307 e. The number of hydrogen-bond acceptors (Lipinski definition) is 0. The van der Waals surface area contributed by atoms with Gasteiger partial charge in [-0.2, -0.15) is 0 Å². The lowest BCUT2D eigenvalue weighted by Crippen LogP contribution is -2.15. The van der Waals surface area contributed by atoms with Crippen molar-refractivity contribution in [3.63, 3.8) is 0 Å². The topological polar surface area (TPSA) is 9.86 Å². The third-order valence-corrected chi connectivity index (χ3v) is 10.3. The first-order chi connectivity index (χ1) is 22.1. The molecule has 212 valence electrons. The fourth-order valence-corrected chi connectivity index (χ4v) is 8.26. The highest BCUT2D eigenvalue weighted by Crippen LogP contribution is 2.50. The molecular weight excluding hydrogens is 544 g/mol. The van der Waals surface area contributed by atoms with Gasteiger partial charge in [0.2, 0.25) is 0 Å². The van der Waals surface area contributed by atoms with E-state index in [0.717, 1.165) is 0 Å². The summed E-state index contributed by atoms with van der Waals surface area (Å²) in [5.41, 5.74) is 12.7. The van der Waals surface area contributed by atoms with Crippen molar-refractivity contribution in [2.75, 3.05) is 0 Å². The van der Waals surface area contributed by atoms with Crippen molar-refractivity contribution in [1.82, 2.24) is 9.13 Å². The van der Waals surface area contributed by atoms with E-state index in [-0.39, 0.29) is 5.41 Å². The molecule has 0 spiro atoms. The number of hydrogen-bond donors (Lipinski definition) is 0. The van der Waals surface area contributed by atoms with Gasteiger partial charge in [-0.1, -0.05) is 123 Å². The zero-order chi connectivity index (χ0) is 29.9. The van der Waals surface area contributed by atoms with Crippen LogP contribution in [0.2, 0.25) is 0 Å². The van der Waals surface area contributed by atoms with E-state index >= 15 is 0 Å². The lowest BCUT2D eigenvalue weighted by atomic mass is 9.82. The first-order valence-electron chi connectivity index (χ1n) is 15.8. The summed E-state index contributed by atoms with van der Waals surface area (Å²) in [6.07, 6.45) is 0. The highest BCUT2D eigenvalue weighted by molar-refractivity contribution is 6.28. The monoisotopic (exact) mass is 574 g/mol. The fourth-order valence-electron chi connectivity index (χ4n) is 8.26. The standard InChI is InChI=1S/C43H30N2/c1-43(2)36-18-10-8-16-31(36)32-22-21-29(26-37(32)43)45-39-25-20-27-12-6-7-15-30(27)40(39)35-24-23-34-33-17-9-11-19-38(33)44(41(34)42(35)45)28-13-4-3-5-14-28/h3-26H,1-2H3. The minimum atomic E-state index is -0.0817. The second-order valence-electron chi connectivity index (χ2n) is 13.0. The van der Waals surface area contributed by atoms with Crippen molar-refractivity contribution in [3.05, 3.63) is 157 Å². The molecule has 0 atom stereocenters. The highest BCUT2D eigenvalue weighted by Gasteiger charge is 2.35. The number of fused-ring (bicyclic) bond motifs is 12. The first-order valence-corrected chi connectivity index (χ1v) is 15.8. The molecule has 2 heteroatoms. The summed E-state index contributed by atoms with van der Waals surface area (Å²) in [5, 5.41) is 7.66. The molecule has 0 N–H and O–H groups in total. The Kier molecular flexibility index (Phi) is 4.82.